The first kappa shape index (κ1) is 14.5. The average Bonchev–Trinajstić information content (AvgIpc) is 2.79. The number of hydrogen-bond donors (Lipinski definition) is 0. The molecule has 0 N–H and O–H groups in total. The molecule has 0 unspecified atom stereocenters. The largest absolute Gasteiger partial charge is 0.304 e. The molecule has 0 aromatic carbocycles. The molecule has 1 aliphatic rings. The fourth-order valence-electron chi connectivity index (χ4n) is 2.89. The second-order valence-electron chi connectivity index (χ2n) is 6.16. The van der Waals surface area contributed by atoms with E-state index in [2.05, 4.69) is 53.6 Å². The van der Waals surface area contributed by atoms with Gasteiger partial charge in [0.05, 0.1) is 6.20 Å². The molecular formula is C15H28N4. The summed E-state index contributed by atoms with van der Waals surface area (Å²) < 4.78 is 2.07. The van der Waals surface area contributed by atoms with Crippen molar-refractivity contribution in [3.05, 3.63) is 18.0 Å². The molecule has 1 aromatic heterocycles. The van der Waals surface area contributed by atoms with E-state index in [1.807, 2.05) is 6.20 Å². The maximum Gasteiger partial charge on any atom is 0.0534 e. The highest BCUT2D eigenvalue weighted by molar-refractivity contribution is 5.04. The molecule has 0 aliphatic carbocycles. The van der Waals surface area contributed by atoms with Gasteiger partial charge in [0.15, 0.2) is 0 Å². The molecule has 1 atom stereocenters. The van der Waals surface area contributed by atoms with Gasteiger partial charge >= 0.3 is 0 Å². The SMILES string of the molecule is CCCn1cc(CN2CCN(C)C[C@H]2C(C)C)cn1. The maximum atomic E-state index is 4.44. The Hall–Kier alpha value is -0.870. The molecule has 1 saturated heterocycles. The normalized spacial score (nSPS) is 22.3. The molecule has 2 rings (SSSR count). The topological polar surface area (TPSA) is 24.3 Å². The number of hydrogen-bond acceptors (Lipinski definition) is 3. The second kappa shape index (κ2) is 6.53. The Morgan fingerprint density at radius 2 is 2.16 bits per heavy atom. The van der Waals surface area contributed by atoms with Gasteiger partial charge in [-0.3, -0.25) is 9.58 Å². The van der Waals surface area contributed by atoms with Crippen LogP contribution in [0.1, 0.15) is 32.8 Å². The fraction of sp³-hybridized carbons (Fsp3) is 0.800. The van der Waals surface area contributed by atoms with Crippen LogP contribution in [-0.4, -0.2) is 52.3 Å². The highest BCUT2D eigenvalue weighted by Gasteiger charge is 2.27. The van der Waals surface area contributed by atoms with E-state index in [9.17, 15) is 0 Å². The Morgan fingerprint density at radius 3 is 2.84 bits per heavy atom. The number of likely N-dealkylation sites (N-methyl/N-ethyl adjacent to an activating group) is 1. The summed E-state index contributed by atoms with van der Waals surface area (Å²) in [5.74, 6) is 0.702. The van der Waals surface area contributed by atoms with Crippen LogP contribution in [0.4, 0.5) is 0 Å². The minimum atomic E-state index is 0.660. The van der Waals surface area contributed by atoms with Gasteiger partial charge in [-0.25, -0.2) is 0 Å². The summed E-state index contributed by atoms with van der Waals surface area (Å²) in [4.78, 5) is 5.07. The van der Waals surface area contributed by atoms with Gasteiger partial charge in [-0.2, -0.15) is 5.10 Å². The van der Waals surface area contributed by atoms with Crippen LogP contribution >= 0.6 is 0 Å². The zero-order valence-corrected chi connectivity index (χ0v) is 12.8. The van der Waals surface area contributed by atoms with Crippen molar-refractivity contribution in [3.8, 4) is 0 Å². The molecule has 1 fully saturated rings. The number of aryl methyl sites for hydroxylation is 1. The Morgan fingerprint density at radius 1 is 1.37 bits per heavy atom. The highest BCUT2D eigenvalue weighted by atomic mass is 15.3. The molecule has 0 amide bonds. The van der Waals surface area contributed by atoms with Crippen LogP contribution in [0.25, 0.3) is 0 Å². The zero-order chi connectivity index (χ0) is 13.8. The van der Waals surface area contributed by atoms with Gasteiger partial charge in [-0.1, -0.05) is 20.8 Å². The van der Waals surface area contributed by atoms with Crippen molar-refractivity contribution in [2.24, 2.45) is 5.92 Å². The van der Waals surface area contributed by atoms with Gasteiger partial charge in [0.2, 0.25) is 0 Å². The summed E-state index contributed by atoms with van der Waals surface area (Å²) in [5.41, 5.74) is 1.35. The van der Waals surface area contributed by atoms with Crippen LogP contribution in [0.3, 0.4) is 0 Å². The second-order valence-corrected chi connectivity index (χ2v) is 6.16. The van der Waals surface area contributed by atoms with Crippen LogP contribution in [0, 0.1) is 5.92 Å². The van der Waals surface area contributed by atoms with E-state index in [-0.39, 0.29) is 0 Å². The number of nitrogens with zero attached hydrogens (tertiary/aromatic N) is 4. The van der Waals surface area contributed by atoms with Crippen molar-refractivity contribution >= 4 is 0 Å². The lowest BCUT2D eigenvalue weighted by molar-refractivity contribution is 0.0571. The third-order valence-corrected chi connectivity index (χ3v) is 4.03. The first-order valence-corrected chi connectivity index (χ1v) is 7.54. The fourth-order valence-corrected chi connectivity index (χ4v) is 2.89. The van der Waals surface area contributed by atoms with Gasteiger partial charge in [-0.15, -0.1) is 0 Å². The van der Waals surface area contributed by atoms with Gasteiger partial charge in [0.25, 0.3) is 0 Å². The number of aromatic nitrogens is 2. The Kier molecular flexibility index (Phi) is 4.99. The van der Waals surface area contributed by atoms with E-state index in [0.717, 1.165) is 26.1 Å². The predicted molar refractivity (Wildman–Crippen MR) is 79.1 cm³/mol. The molecule has 2 heterocycles. The molecule has 108 valence electrons. The molecule has 0 radical (unpaired) electrons. The molecule has 19 heavy (non-hydrogen) atoms. The van der Waals surface area contributed by atoms with Crippen LogP contribution in [-0.2, 0) is 13.1 Å². The minimum Gasteiger partial charge on any atom is -0.304 e. The lowest BCUT2D eigenvalue weighted by Gasteiger charge is -2.42. The number of rotatable bonds is 5. The van der Waals surface area contributed by atoms with E-state index in [0.29, 0.717) is 12.0 Å². The van der Waals surface area contributed by atoms with Crippen LogP contribution in [0.5, 0.6) is 0 Å². The van der Waals surface area contributed by atoms with Gasteiger partial charge in [-0.05, 0) is 19.4 Å². The van der Waals surface area contributed by atoms with Gasteiger partial charge in [0.1, 0.15) is 0 Å². The van der Waals surface area contributed by atoms with Crippen molar-refractivity contribution in [1.29, 1.82) is 0 Å². The van der Waals surface area contributed by atoms with E-state index >= 15 is 0 Å². The predicted octanol–water partition coefficient (Wildman–Crippen LogP) is 2.07. The van der Waals surface area contributed by atoms with Crippen LogP contribution in [0.2, 0.25) is 0 Å². The molecule has 0 bridgehead atoms. The minimum absolute atomic E-state index is 0.660. The van der Waals surface area contributed by atoms with E-state index in [4.69, 9.17) is 0 Å². The lowest BCUT2D eigenvalue weighted by Crippen LogP contribution is -2.53. The molecule has 4 heteroatoms. The van der Waals surface area contributed by atoms with E-state index in [1.165, 1.54) is 18.7 Å². The van der Waals surface area contributed by atoms with Crippen molar-refractivity contribution in [3.63, 3.8) is 0 Å². The summed E-state index contributed by atoms with van der Waals surface area (Å²) >= 11 is 0. The first-order chi connectivity index (χ1) is 9.10. The summed E-state index contributed by atoms with van der Waals surface area (Å²) in [6.07, 6.45) is 5.38. The smallest absolute Gasteiger partial charge is 0.0534 e. The number of piperazine rings is 1. The molecule has 0 saturated carbocycles. The van der Waals surface area contributed by atoms with Gasteiger partial charge in [0, 0.05) is 50.5 Å². The highest BCUT2D eigenvalue weighted by Crippen LogP contribution is 2.19. The molecule has 1 aliphatic heterocycles. The Bertz CT molecular complexity index is 385. The lowest BCUT2D eigenvalue weighted by atomic mass is 9.99. The Balaban J connectivity index is 1.99. The quantitative estimate of drug-likeness (QED) is 0.813. The van der Waals surface area contributed by atoms with Crippen LogP contribution < -0.4 is 0 Å². The summed E-state index contributed by atoms with van der Waals surface area (Å²) in [5, 5.41) is 4.44. The molecule has 0 spiro atoms. The monoisotopic (exact) mass is 264 g/mol. The van der Waals surface area contributed by atoms with Crippen molar-refractivity contribution in [2.75, 3.05) is 26.7 Å². The first-order valence-electron chi connectivity index (χ1n) is 7.54. The van der Waals surface area contributed by atoms with Gasteiger partial charge < -0.3 is 4.90 Å². The van der Waals surface area contributed by atoms with Crippen molar-refractivity contribution in [1.82, 2.24) is 19.6 Å². The summed E-state index contributed by atoms with van der Waals surface area (Å²) in [7, 11) is 2.23. The maximum absolute atomic E-state index is 4.44. The van der Waals surface area contributed by atoms with Crippen molar-refractivity contribution in [2.45, 2.75) is 46.3 Å². The average molecular weight is 264 g/mol. The summed E-state index contributed by atoms with van der Waals surface area (Å²) in [6.45, 7) is 12.4. The summed E-state index contributed by atoms with van der Waals surface area (Å²) in [6, 6.07) is 0.660. The van der Waals surface area contributed by atoms with Crippen molar-refractivity contribution < 1.29 is 0 Å². The third kappa shape index (κ3) is 3.80. The Labute approximate surface area is 117 Å². The van der Waals surface area contributed by atoms with E-state index in [1.54, 1.807) is 0 Å². The standard InChI is InChI=1S/C15H28N4/c1-5-6-19-11-14(9-16-19)10-18-8-7-17(4)12-15(18)13(2)3/h9,11,13,15H,5-8,10,12H2,1-4H3/t15-/m0/s1. The third-order valence-electron chi connectivity index (χ3n) is 4.03. The zero-order valence-electron chi connectivity index (χ0n) is 12.8. The molecule has 1 aromatic rings. The van der Waals surface area contributed by atoms with E-state index < -0.39 is 0 Å². The van der Waals surface area contributed by atoms with Crippen LogP contribution in [0.15, 0.2) is 12.4 Å². The molecular weight excluding hydrogens is 236 g/mol. The molecule has 4 nitrogen and oxygen atoms in total.